The lowest BCUT2D eigenvalue weighted by Gasteiger charge is -2.15. The second kappa shape index (κ2) is 34.6. The molecule has 0 radical (unpaired) electrons. The Balaban J connectivity index is 3.85. The first-order valence-corrected chi connectivity index (χ1v) is 18.5. The van der Waals surface area contributed by atoms with Gasteiger partial charge in [-0.1, -0.05) is 158 Å². The average Bonchev–Trinajstić information content (AvgIpc) is 3.05. The van der Waals surface area contributed by atoms with Crippen molar-refractivity contribution in [2.75, 3.05) is 13.2 Å². The van der Waals surface area contributed by atoms with E-state index >= 15 is 0 Å². The van der Waals surface area contributed by atoms with Crippen LogP contribution < -0.4 is 0 Å². The quantitative estimate of drug-likeness (QED) is 0.0334. The molecular weight excluding hydrogens is 588 g/mol. The summed E-state index contributed by atoms with van der Waals surface area (Å²) in [4.78, 5) is 24.2. The van der Waals surface area contributed by atoms with Crippen LogP contribution in [0.5, 0.6) is 0 Å². The number of esters is 2. The third-order valence-electron chi connectivity index (χ3n) is 7.54. The maximum Gasteiger partial charge on any atom is 0.306 e. The Morgan fingerprint density at radius 3 is 1.83 bits per heavy atom. The van der Waals surface area contributed by atoms with Gasteiger partial charge in [-0.25, -0.2) is 0 Å². The van der Waals surface area contributed by atoms with Crippen molar-refractivity contribution < 1.29 is 29.3 Å². The Morgan fingerprint density at radius 2 is 1.23 bits per heavy atom. The van der Waals surface area contributed by atoms with Crippen LogP contribution in [0.15, 0.2) is 72.9 Å². The van der Waals surface area contributed by atoms with Crippen LogP contribution in [0.3, 0.4) is 0 Å². The van der Waals surface area contributed by atoms with Crippen LogP contribution in [0.25, 0.3) is 0 Å². The Kier molecular flexibility index (Phi) is 32.6. The van der Waals surface area contributed by atoms with E-state index in [0.29, 0.717) is 19.3 Å². The fourth-order valence-electron chi connectivity index (χ4n) is 4.73. The maximum absolute atomic E-state index is 12.1. The van der Waals surface area contributed by atoms with Gasteiger partial charge in [0.15, 0.2) is 6.10 Å². The fourth-order valence-corrected chi connectivity index (χ4v) is 4.73. The third-order valence-corrected chi connectivity index (χ3v) is 7.54. The van der Waals surface area contributed by atoms with Crippen molar-refractivity contribution in [3.05, 3.63) is 72.9 Å². The number of allylic oxidation sites excluding steroid dienone is 10. The molecule has 0 aromatic carbocycles. The highest BCUT2D eigenvalue weighted by Crippen LogP contribution is 2.14. The zero-order chi connectivity index (χ0) is 34.6. The lowest BCUT2D eigenvalue weighted by atomic mass is 10.0. The molecule has 0 spiro atoms. The van der Waals surface area contributed by atoms with Crippen molar-refractivity contribution in [2.24, 2.45) is 5.92 Å². The lowest BCUT2D eigenvalue weighted by molar-refractivity contribution is -0.161. The average molecular weight is 657 g/mol. The second-order valence-electron chi connectivity index (χ2n) is 12.6. The van der Waals surface area contributed by atoms with Crippen molar-refractivity contribution >= 4 is 11.9 Å². The van der Waals surface area contributed by atoms with Gasteiger partial charge in [0.2, 0.25) is 0 Å². The van der Waals surface area contributed by atoms with Crippen LogP contribution in [0.4, 0.5) is 0 Å². The summed E-state index contributed by atoms with van der Waals surface area (Å²) in [6, 6.07) is 0. The Hall–Kier alpha value is -2.70. The van der Waals surface area contributed by atoms with Gasteiger partial charge in [0.1, 0.15) is 6.61 Å². The Morgan fingerprint density at radius 1 is 0.660 bits per heavy atom. The molecule has 0 bridgehead atoms. The van der Waals surface area contributed by atoms with Crippen LogP contribution in [-0.4, -0.2) is 47.6 Å². The first-order valence-electron chi connectivity index (χ1n) is 18.5. The van der Waals surface area contributed by atoms with Gasteiger partial charge in [0.05, 0.1) is 12.7 Å². The number of carbonyl (C=O) groups excluding carboxylic acids is 2. The summed E-state index contributed by atoms with van der Waals surface area (Å²) < 4.78 is 10.5. The number of hydrogen-bond donors (Lipinski definition) is 2. The smallest absolute Gasteiger partial charge is 0.306 e. The van der Waals surface area contributed by atoms with E-state index in [4.69, 9.17) is 9.47 Å². The first kappa shape index (κ1) is 44.3. The zero-order valence-corrected chi connectivity index (χ0v) is 30.0. The molecule has 2 atom stereocenters. The van der Waals surface area contributed by atoms with E-state index in [1.54, 1.807) is 6.08 Å². The number of rotatable bonds is 31. The van der Waals surface area contributed by atoms with Gasteiger partial charge >= 0.3 is 11.9 Å². The van der Waals surface area contributed by atoms with E-state index in [1.807, 2.05) is 30.4 Å². The first-order chi connectivity index (χ1) is 22.9. The molecule has 0 aliphatic carbocycles. The molecule has 2 N–H and O–H groups in total. The van der Waals surface area contributed by atoms with E-state index < -0.39 is 24.8 Å². The predicted molar refractivity (Wildman–Crippen MR) is 197 cm³/mol. The summed E-state index contributed by atoms with van der Waals surface area (Å²) in [7, 11) is 0. The summed E-state index contributed by atoms with van der Waals surface area (Å²) in [5, 5.41) is 19.6. The number of hydrogen-bond acceptors (Lipinski definition) is 6. The van der Waals surface area contributed by atoms with Crippen LogP contribution in [0, 0.1) is 5.92 Å². The molecule has 0 rings (SSSR count). The lowest BCUT2D eigenvalue weighted by Crippen LogP contribution is -2.28. The molecule has 6 heteroatoms. The highest BCUT2D eigenvalue weighted by atomic mass is 16.6. The summed E-state index contributed by atoms with van der Waals surface area (Å²) in [5.41, 5.74) is 0. The largest absolute Gasteiger partial charge is 0.462 e. The molecule has 6 nitrogen and oxygen atoms in total. The number of aliphatic hydroxyl groups excluding tert-OH is 2. The van der Waals surface area contributed by atoms with Gasteiger partial charge in [0.25, 0.3) is 0 Å². The normalized spacial score (nSPS) is 13.8. The van der Waals surface area contributed by atoms with Gasteiger partial charge in [-0.15, -0.1) is 0 Å². The molecule has 268 valence electrons. The summed E-state index contributed by atoms with van der Waals surface area (Å²) >= 11 is 0. The molecule has 0 fully saturated rings. The maximum atomic E-state index is 12.1. The van der Waals surface area contributed by atoms with E-state index in [2.05, 4.69) is 57.2 Å². The summed E-state index contributed by atoms with van der Waals surface area (Å²) in [6.07, 6.45) is 41.4. The highest BCUT2D eigenvalue weighted by Gasteiger charge is 2.15. The Bertz CT molecular complexity index is 911. The van der Waals surface area contributed by atoms with E-state index in [0.717, 1.165) is 50.9 Å². The van der Waals surface area contributed by atoms with E-state index in [-0.39, 0.29) is 19.0 Å². The monoisotopic (exact) mass is 657 g/mol. The third kappa shape index (κ3) is 34.5. The van der Waals surface area contributed by atoms with Crippen molar-refractivity contribution in [3.8, 4) is 0 Å². The van der Waals surface area contributed by atoms with Crippen molar-refractivity contribution in [2.45, 2.75) is 155 Å². The minimum absolute atomic E-state index is 0.133. The van der Waals surface area contributed by atoms with Crippen LogP contribution in [0.1, 0.15) is 143 Å². The number of ether oxygens (including phenoxy) is 2. The summed E-state index contributed by atoms with van der Waals surface area (Å²) in [6.45, 7) is 6.17. The molecule has 0 heterocycles. The molecule has 0 aromatic rings. The molecule has 0 saturated carbocycles. The molecular formula is C41H68O6. The minimum atomic E-state index is -0.855. The van der Waals surface area contributed by atoms with Gasteiger partial charge < -0.3 is 19.7 Å². The van der Waals surface area contributed by atoms with Gasteiger partial charge in [-0.3, -0.25) is 9.59 Å². The highest BCUT2D eigenvalue weighted by molar-refractivity contribution is 5.70. The van der Waals surface area contributed by atoms with Gasteiger partial charge in [0, 0.05) is 12.8 Å². The van der Waals surface area contributed by atoms with E-state index in [1.165, 1.54) is 51.4 Å². The predicted octanol–water partition coefficient (Wildman–Crippen LogP) is 10.2. The molecule has 1 unspecified atom stereocenters. The molecule has 0 aromatic heterocycles. The molecule has 0 aliphatic rings. The molecule has 0 aliphatic heterocycles. The fraction of sp³-hybridized carbons (Fsp3) is 0.659. The zero-order valence-electron chi connectivity index (χ0n) is 30.0. The van der Waals surface area contributed by atoms with Gasteiger partial charge in [-0.05, 0) is 50.9 Å². The molecule has 0 saturated heterocycles. The van der Waals surface area contributed by atoms with Crippen molar-refractivity contribution in [1.82, 2.24) is 0 Å². The summed E-state index contributed by atoms with van der Waals surface area (Å²) in [5.74, 6) is 0.0347. The second-order valence-corrected chi connectivity index (χ2v) is 12.6. The van der Waals surface area contributed by atoms with Crippen molar-refractivity contribution in [3.63, 3.8) is 0 Å². The number of unbranched alkanes of at least 4 members (excludes halogenated alkanes) is 9. The SMILES string of the molecule is CC/C=C\C/C=C\C/C=C\C/C=C\C=C/C(O)C/C=C\CCC(=O)O[C@@H](CO)COC(=O)CCCCCCCCCCCCC(C)C. The van der Waals surface area contributed by atoms with Gasteiger partial charge in [-0.2, -0.15) is 0 Å². The molecule has 47 heavy (non-hydrogen) atoms. The standard InChI is InChI=1S/C41H68O6/c1-4-5-6-7-8-9-10-11-12-16-19-22-26-31-38(43)32-27-24-29-34-41(45)47-39(35-42)36-46-40(44)33-28-23-20-17-14-13-15-18-21-25-30-37(2)3/h5-6,8-9,11-12,19,22,24,26-27,31,37-39,42-43H,4,7,10,13-18,20-21,23,25,28-30,32-36H2,1-3H3/b6-5-,9-8-,12-11-,22-19-,27-24-,31-26-/t38?,39-/m0/s1. The van der Waals surface area contributed by atoms with E-state index in [9.17, 15) is 19.8 Å². The number of carbonyl (C=O) groups is 2. The van der Waals surface area contributed by atoms with Crippen LogP contribution in [0.2, 0.25) is 0 Å². The minimum Gasteiger partial charge on any atom is -0.462 e. The Labute approximate surface area is 287 Å². The van der Waals surface area contributed by atoms with Crippen molar-refractivity contribution in [1.29, 1.82) is 0 Å². The van der Waals surface area contributed by atoms with Crippen LogP contribution in [-0.2, 0) is 19.1 Å². The van der Waals surface area contributed by atoms with Crippen LogP contribution >= 0.6 is 0 Å². The topological polar surface area (TPSA) is 93.1 Å². The number of aliphatic hydroxyl groups is 2. The molecule has 0 amide bonds.